The molecule has 0 saturated heterocycles. The quantitative estimate of drug-likeness (QED) is 0.254. The number of hydrogen-bond donors (Lipinski definition) is 0. The zero-order chi connectivity index (χ0) is 16.1. The van der Waals surface area contributed by atoms with E-state index in [0.29, 0.717) is 5.70 Å². The second-order valence-electron chi connectivity index (χ2n) is 5.83. The zero-order valence-corrected chi connectivity index (χ0v) is 12.6. The molecule has 0 bridgehead atoms. The minimum Gasteiger partial charge on any atom is -0.344 e. The first-order chi connectivity index (χ1) is 9.60. The molecule has 1 aromatic carbocycles. The summed E-state index contributed by atoms with van der Waals surface area (Å²) in [5.74, 6) is -6.26. The van der Waals surface area contributed by atoms with Crippen LogP contribution in [0.2, 0.25) is 0 Å². The summed E-state index contributed by atoms with van der Waals surface area (Å²) in [6.07, 6.45) is 3.39. The molecular formula is C15H17F4N2+. The molecule has 114 valence electrons. The number of likely N-dealkylation sites (N-methyl/N-ethyl adjacent to an activating group) is 1. The zero-order valence-electron chi connectivity index (χ0n) is 12.6. The number of halogens is 4. The lowest BCUT2D eigenvalue weighted by molar-refractivity contribution is -0.458. The van der Waals surface area contributed by atoms with Gasteiger partial charge < -0.3 is 4.90 Å². The molecule has 0 fully saturated rings. The van der Waals surface area contributed by atoms with Gasteiger partial charge in [-0.3, -0.25) is 0 Å². The Bertz CT molecular complexity index is 671. The summed E-state index contributed by atoms with van der Waals surface area (Å²) in [5, 5.41) is 0. The molecule has 0 N–H and O–H groups in total. The van der Waals surface area contributed by atoms with E-state index < -0.39 is 28.7 Å². The van der Waals surface area contributed by atoms with Crippen molar-refractivity contribution in [2.45, 2.75) is 19.3 Å². The van der Waals surface area contributed by atoms with E-state index in [4.69, 9.17) is 0 Å². The van der Waals surface area contributed by atoms with Crippen LogP contribution in [0.15, 0.2) is 11.8 Å². The van der Waals surface area contributed by atoms with Crippen molar-refractivity contribution in [2.75, 3.05) is 26.0 Å². The largest absolute Gasteiger partial charge is 0.344 e. The summed E-state index contributed by atoms with van der Waals surface area (Å²) < 4.78 is 56.9. The van der Waals surface area contributed by atoms with Crippen LogP contribution in [0.4, 0.5) is 23.2 Å². The summed E-state index contributed by atoms with van der Waals surface area (Å²) >= 11 is 0. The first-order valence-electron chi connectivity index (χ1n) is 6.42. The molecule has 0 aliphatic carbocycles. The monoisotopic (exact) mass is 301 g/mol. The third-order valence-corrected chi connectivity index (χ3v) is 3.73. The van der Waals surface area contributed by atoms with E-state index in [2.05, 4.69) is 0 Å². The molecule has 2 rings (SSSR count). The Morgan fingerprint density at radius 2 is 1.48 bits per heavy atom. The van der Waals surface area contributed by atoms with Gasteiger partial charge in [0.25, 0.3) is 0 Å². The molecular weight excluding hydrogens is 284 g/mol. The first-order valence-corrected chi connectivity index (χ1v) is 6.42. The van der Waals surface area contributed by atoms with Crippen LogP contribution in [-0.4, -0.2) is 31.9 Å². The second kappa shape index (κ2) is 4.86. The standard InChI is InChI=1S/C15H17F4N2/c1-15(2)8(6-7-20(3)4)21(5)14-9(15)10(16)11(17)12(18)13(14)19/h6-7H,1-5H3/q+1. The van der Waals surface area contributed by atoms with E-state index in [0.717, 1.165) is 0 Å². The maximum atomic E-state index is 14.1. The number of fused-ring (bicyclic) bond motifs is 1. The van der Waals surface area contributed by atoms with Gasteiger partial charge in [0, 0.05) is 29.8 Å². The molecule has 0 radical (unpaired) electrons. The van der Waals surface area contributed by atoms with E-state index >= 15 is 0 Å². The maximum Gasteiger partial charge on any atom is 0.199 e. The minimum atomic E-state index is -1.79. The van der Waals surface area contributed by atoms with Gasteiger partial charge in [0.1, 0.15) is 14.1 Å². The van der Waals surface area contributed by atoms with Gasteiger partial charge in [-0.05, 0) is 0 Å². The van der Waals surface area contributed by atoms with Gasteiger partial charge in [-0.15, -0.1) is 0 Å². The molecule has 1 aliphatic rings. The van der Waals surface area contributed by atoms with E-state index in [1.807, 2.05) is 0 Å². The molecule has 1 aliphatic heterocycles. The molecule has 6 heteroatoms. The van der Waals surface area contributed by atoms with Crippen molar-refractivity contribution in [1.82, 2.24) is 0 Å². The van der Waals surface area contributed by atoms with Crippen molar-refractivity contribution < 1.29 is 22.1 Å². The highest BCUT2D eigenvalue weighted by molar-refractivity contribution is 5.77. The summed E-state index contributed by atoms with van der Waals surface area (Å²) in [4.78, 5) is 1.36. The highest BCUT2D eigenvalue weighted by Gasteiger charge is 2.45. The molecule has 0 unspecified atom stereocenters. The number of hydrogen-bond acceptors (Lipinski definition) is 1. The van der Waals surface area contributed by atoms with Crippen molar-refractivity contribution in [2.24, 2.45) is 0 Å². The number of nitrogens with zero attached hydrogens (tertiary/aromatic N) is 2. The van der Waals surface area contributed by atoms with E-state index in [9.17, 15) is 17.6 Å². The number of allylic oxidation sites excluding steroid dienone is 2. The van der Waals surface area contributed by atoms with Crippen LogP contribution < -0.4 is 4.90 Å². The van der Waals surface area contributed by atoms with Crippen LogP contribution in [0.3, 0.4) is 0 Å². The predicted molar refractivity (Wildman–Crippen MR) is 74.0 cm³/mol. The average Bonchev–Trinajstić information content (AvgIpc) is 2.58. The van der Waals surface area contributed by atoms with E-state index in [1.54, 1.807) is 44.8 Å². The Balaban J connectivity index is 2.80. The third-order valence-electron chi connectivity index (χ3n) is 3.73. The normalized spacial score (nSPS) is 18.1. The third kappa shape index (κ3) is 2.13. The van der Waals surface area contributed by atoms with Crippen LogP contribution in [0, 0.1) is 23.3 Å². The van der Waals surface area contributed by atoms with Crippen LogP contribution in [0.1, 0.15) is 19.4 Å². The SMILES string of the molecule is CN1/C(=C/C=[N+](C)C)C(C)(C)c2c(F)c(F)c(F)c(F)c21. The predicted octanol–water partition coefficient (Wildman–Crippen LogP) is 3.20. The first kappa shape index (κ1) is 15.5. The highest BCUT2D eigenvalue weighted by Crippen LogP contribution is 2.50. The molecule has 1 aromatic rings. The van der Waals surface area contributed by atoms with Crippen LogP contribution >= 0.6 is 0 Å². The lowest BCUT2D eigenvalue weighted by Gasteiger charge is -2.23. The Hall–Kier alpha value is -1.85. The van der Waals surface area contributed by atoms with Crippen LogP contribution in [0.25, 0.3) is 0 Å². The molecule has 1 heterocycles. The van der Waals surface area contributed by atoms with Crippen molar-refractivity contribution in [3.63, 3.8) is 0 Å². The maximum absolute atomic E-state index is 14.1. The summed E-state index contributed by atoms with van der Waals surface area (Å²) in [5.41, 5.74) is -0.848. The fourth-order valence-corrected chi connectivity index (χ4v) is 2.71. The van der Waals surface area contributed by atoms with Crippen LogP contribution in [0.5, 0.6) is 0 Å². The molecule has 0 saturated carbocycles. The van der Waals surface area contributed by atoms with Crippen molar-refractivity contribution in [3.8, 4) is 0 Å². The molecule has 0 atom stereocenters. The molecule has 0 amide bonds. The van der Waals surface area contributed by atoms with Gasteiger partial charge in [-0.25, -0.2) is 22.1 Å². The summed E-state index contributed by atoms with van der Waals surface area (Å²) in [6, 6.07) is 0. The average molecular weight is 301 g/mol. The Kier molecular flexibility index (Phi) is 3.59. The molecule has 0 spiro atoms. The summed E-state index contributed by atoms with van der Waals surface area (Å²) in [6.45, 7) is 3.29. The van der Waals surface area contributed by atoms with Gasteiger partial charge in [0.2, 0.25) is 0 Å². The smallest absolute Gasteiger partial charge is 0.199 e. The fourth-order valence-electron chi connectivity index (χ4n) is 2.71. The van der Waals surface area contributed by atoms with Crippen molar-refractivity contribution in [1.29, 1.82) is 0 Å². The Morgan fingerprint density at radius 3 is 2.00 bits per heavy atom. The number of benzene rings is 1. The lowest BCUT2D eigenvalue weighted by atomic mass is 9.83. The minimum absolute atomic E-state index is 0.167. The second-order valence-corrected chi connectivity index (χ2v) is 5.83. The van der Waals surface area contributed by atoms with Gasteiger partial charge in [0.15, 0.2) is 29.5 Å². The Labute approximate surface area is 121 Å². The van der Waals surface area contributed by atoms with Gasteiger partial charge in [-0.2, -0.15) is 0 Å². The van der Waals surface area contributed by atoms with Gasteiger partial charge >= 0.3 is 0 Å². The molecule has 0 aromatic heterocycles. The summed E-state index contributed by atoms with van der Waals surface area (Å²) in [7, 11) is 5.10. The van der Waals surface area contributed by atoms with Crippen LogP contribution in [-0.2, 0) is 5.41 Å². The highest BCUT2D eigenvalue weighted by atomic mass is 19.2. The van der Waals surface area contributed by atoms with Crippen molar-refractivity contribution in [3.05, 3.63) is 40.6 Å². The lowest BCUT2D eigenvalue weighted by Crippen LogP contribution is -2.24. The number of rotatable bonds is 1. The van der Waals surface area contributed by atoms with Gasteiger partial charge in [0.05, 0.1) is 5.69 Å². The van der Waals surface area contributed by atoms with E-state index in [-0.39, 0.29) is 11.3 Å². The molecule has 2 nitrogen and oxygen atoms in total. The Morgan fingerprint density at radius 1 is 0.952 bits per heavy atom. The van der Waals surface area contributed by atoms with Gasteiger partial charge in [-0.1, -0.05) is 13.8 Å². The van der Waals surface area contributed by atoms with E-state index in [1.165, 1.54) is 11.9 Å². The van der Waals surface area contributed by atoms with Crippen molar-refractivity contribution >= 4 is 11.9 Å². The molecule has 21 heavy (non-hydrogen) atoms. The fraction of sp³-hybridized carbons (Fsp3) is 0.400. The number of anilines is 1. The topological polar surface area (TPSA) is 6.25 Å².